The van der Waals surface area contributed by atoms with Crippen molar-refractivity contribution in [1.82, 2.24) is 14.5 Å². The Hall–Kier alpha value is -0.870. The Bertz CT molecular complexity index is 443. The minimum absolute atomic E-state index is 0.0966. The van der Waals surface area contributed by atoms with Crippen molar-refractivity contribution in [2.75, 3.05) is 14.1 Å². The number of rotatable bonds is 6. The molecule has 0 amide bonds. The number of nitrogens with zero attached hydrogens (tertiary/aromatic N) is 3. The summed E-state index contributed by atoms with van der Waals surface area (Å²) < 4.78 is 2.18. The molecule has 0 aliphatic heterocycles. The van der Waals surface area contributed by atoms with E-state index < -0.39 is 0 Å². The van der Waals surface area contributed by atoms with E-state index in [0.717, 1.165) is 31.6 Å². The van der Waals surface area contributed by atoms with Crippen molar-refractivity contribution < 1.29 is 5.11 Å². The van der Waals surface area contributed by atoms with Gasteiger partial charge in [0.2, 0.25) is 0 Å². The Morgan fingerprint density at radius 3 is 2.90 bits per heavy atom. The van der Waals surface area contributed by atoms with Gasteiger partial charge in [-0.05, 0) is 39.3 Å². The molecule has 120 valence electrons. The maximum Gasteiger partial charge on any atom is 0.111 e. The molecule has 21 heavy (non-hydrogen) atoms. The predicted octanol–water partition coefficient (Wildman–Crippen LogP) is 2.71. The maximum atomic E-state index is 11.0. The van der Waals surface area contributed by atoms with Gasteiger partial charge in [0.1, 0.15) is 5.82 Å². The summed E-state index contributed by atoms with van der Waals surface area (Å²) in [7, 11) is 4.22. The zero-order valence-corrected chi connectivity index (χ0v) is 14.0. The van der Waals surface area contributed by atoms with Gasteiger partial charge in [-0.1, -0.05) is 26.7 Å². The van der Waals surface area contributed by atoms with Gasteiger partial charge in [0.05, 0.1) is 6.10 Å². The fraction of sp³-hybridized carbons (Fsp3) is 0.824. The lowest BCUT2D eigenvalue weighted by Gasteiger charge is -2.48. The van der Waals surface area contributed by atoms with Crippen molar-refractivity contribution in [3.05, 3.63) is 18.2 Å². The molecule has 4 heteroatoms. The zero-order chi connectivity index (χ0) is 15.5. The van der Waals surface area contributed by atoms with E-state index in [0.29, 0.717) is 12.3 Å². The summed E-state index contributed by atoms with van der Waals surface area (Å²) in [5.74, 6) is 1.70. The third kappa shape index (κ3) is 3.49. The van der Waals surface area contributed by atoms with Gasteiger partial charge in [0, 0.05) is 30.9 Å². The Labute approximate surface area is 129 Å². The number of aromatic nitrogens is 2. The smallest absolute Gasteiger partial charge is 0.111 e. The summed E-state index contributed by atoms with van der Waals surface area (Å²) >= 11 is 0. The highest BCUT2D eigenvalue weighted by atomic mass is 16.3. The van der Waals surface area contributed by atoms with E-state index in [2.05, 4.69) is 42.4 Å². The second-order valence-corrected chi connectivity index (χ2v) is 6.96. The molecule has 0 bridgehead atoms. The van der Waals surface area contributed by atoms with Crippen LogP contribution in [0, 0.1) is 5.92 Å². The first-order chi connectivity index (χ1) is 9.99. The average Bonchev–Trinajstić information content (AvgIpc) is 2.86. The summed E-state index contributed by atoms with van der Waals surface area (Å²) in [4.78, 5) is 6.71. The van der Waals surface area contributed by atoms with Crippen LogP contribution in [0.2, 0.25) is 0 Å². The van der Waals surface area contributed by atoms with Crippen molar-refractivity contribution >= 4 is 0 Å². The summed E-state index contributed by atoms with van der Waals surface area (Å²) in [6.07, 6.45) is 9.92. The maximum absolute atomic E-state index is 11.0. The SMILES string of the molecule is CCCn1ccnc1CC(O)C1(N(C)C)CCCC(C)C1. The third-order valence-electron chi connectivity index (χ3n) is 5.16. The van der Waals surface area contributed by atoms with E-state index in [1.54, 1.807) is 0 Å². The van der Waals surface area contributed by atoms with Crippen LogP contribution >= 0.6 is 0 Å². The van der Waals surface area contributed by atoms with Gasteiger partial charge in [-0.2, -0.15) is 0 Å². The van der Waals surface area contributed by atoms with Gasteiger partial charge in [-0.25, -0.2) is 4.98 Å². The highest BCUT2D eigenvalue weighted by Gasteiger charge is 2.43. The van der Waals surface area contributed by atoms with Crippen LogP contribution < -0.4 is 0 Å². The molecular weight excluding hydrogens is 262 g/mol. The predicted molar refractivity (Wildman–Crippen MR) is 86.3 cm³/mol. The standard InChI is InChI=1S/C17H31N3O/c1-5-10-20-11-9-18-16(20)12-15(21)17(19(3)4)8-6-7-14(2)13-17/h9,11,14-15,21H,5-8,10,12-13H2,1-4H3. The minimum atomic E-state index is -0.353. The Morgan fingerprint density at radius 1 is 1.52 bits per heavy atom. The van der Waals surface area contributed by atoms with Crippen molar-refractivity contribution in [3.63, 3.8) is 0 Å². The fourth-order valence-corrected chi connectivity index (χ4v) is 3.91. The first kappa shape index (κ1) is 16.5. The van der Waals surface area contributed by atoms with E-state index in [1.165, 1.54) is 12.8 Å². The lowest BCUT2D eigenvalue weighted by Crippen LogP contribution is -2.56. The number of imidazole rings is 1. The summed E-state index contributed by atoms with van der Waals surface area (Å²) in [5.41, 5.74) is -0.0966. The molecule has 1 aliphatic rings. The molecule has 1 aromatic rings. The van der Waals surface area contributed by atoms with Crippen LogP contribution in [0.15, 0.2) is 12.4 Å². The lowest BCUT2D eigenvalue weighted by molar-refractivity contribution is -0.0436. The zero-order valence-electron chi connectivity index (χ0n) is 14.0. The normalized spacial score (nSPS) is 28.0. The monoisotopic (exact) mass is 293 g/mol. The molecule has 3 atom stereocenters. The van der Waals surface area contributed by atoms with E-state index in [-0.39, 0.29) is 11.6 Å². The van der Waals surface area contributed by atoms with Crippen LogP contribution in [0.1, 0.15) is 51.8 Å². The molecule has 1 fully saturated rings. The molecule has 1 aliphatic carbocycles. The van der Waals surface area contributed by atoms with Crippen LogP contribution in [0.5, 0.6) is 0 Å². The second kappa shape index (κ2) is 6.93. The van der Waals surface area contributed by atoms with Gasteiger partial charge < -0.3 is 14.6 Å². The topological polar surface area (TPSA) is 41.3 Å². The van der Waals surface area contributed by atoms with Crippen molar-refractivity contribution in [2.45, 2.75) is 70.6 Å². The molecule has 1 saturated carbocycles. The first-order valence-corrected chi connectivity index (χ1v) is 8.35. The van der Waals surface area contributed by atoms with Gasteiger partial charge in [-0.3, -0.25) is 0 Å². The molecular formula is C17H31N3O. The second-order valence-electron chi connectivity index (χ2n) is 6.96. The van der Waals surface area contributed by atoms with Crippen LogP contribution in [-0.2, 0) is 13.0 Å². The van der Waals surface area contributed by atoms with Crippen molar-refractivity contribution in [2.24, 2.45) is 5.92 Å². The van der Waals surface area contributed by atoms with Crippen LogP contribution in [0.4, 0.5) is 0 Å². The number of aryl methyl sites for hydroxylation is 1. The Morgan fingerprint density at radius 2 is 2.29 bits per heavy atom. The molecule has 0 spiro atoms. The number of hydrogen-bond donors (Lipinski definition) is 1. The molecule has 0 radical (unpaired) electrons. The van der Waals surface area contributed by atoms with Crippen LogP contribution in [-0.4, -0.2) is 45.3 Å². The van der Waals surface area contributed by atoms with E-state index in [9.17, 15) is 5.11 Å². The van der Waals surface area contributed by atoms with E-state index in [4.69, 9.17) is 0 Å². The number of aliphatic hydroxyl groups is 1. The summed E-state index contributed by atoms with van der Waals surface area (Å²) in [5, 5.41) is 11.0. The Kier molecular flexibility index (Phi) is 5.44. The lowest BCUT2D eigenvalue weighted by atomic mass is 9.71. The Balaban J connectivity index is 2.15. The minimum Gasteiger partial charge on any atom is -0.391 e. The van der Waals surface area contributed by atoms with Crippen LogP contribution in [0.3, 0.4) is 0 Å². The highest BCUT2D eigenvalue weighted by Crippen LogP contribution is 2.39. The molecule has 0 aromatic carbocycles. The number of likely N-dealkylation sites (N-methyl/N-ethyl adjacent to an activating group) is 1. The largest absolute Gasteiger partial charge is 0.391 e. The van der Waals surface area contributed by atoms with Gasteiger partial charge >= 0.3 is 0 Å². The summed E-state index contributed by atoms with van der Waals surface area (Å²) in [6, 6.07) is 0. The first-order valence-electron chi connectivity index (χ1n) is 8.35. The highest BCUT2D eigenvalue weighted by molar-refractivity contribution is 5.04. The molecule has 1 aromatic heterocycles. The van der Waals surface area contributed by atoms with Crippen LogP contribution in [0.25, 0.3) is 0 Å². The quantitative estimate of drug-likeness (QED) is 0.877. The van der Waals surface area contributed by atoms with E-state index in [1.807, 2.05) is 12.4 Å². The van der Waals surface area contributed by atoms with Gasteiger partial charge in [0.25, 0.3) is 0 Å². The van der Waals surface area contributed by atoms with Crippen molar-refractivity contribution in [3.8, 4) is 0 Å². The molecule has 0 saturated heterocycles. The molecule has 2 rings (SSSR count). The molecule has 4 nitrogen and oxygen atoms in total. The molecule has 1 N–H and O–H groups in total. The average molecular weight is 293 g/mol. The van der Waals surface area contributed by atoms with Crippen molar-refractivity contribution in [1.29, 1.82) is 0 Å². The fourth-order valence-electron chi connectivity index (χ4n) is 3.91. The molecule has 3 unspecified atom stereocenters. The molecule has 1 heterocycles. The number of hydrogen-bond acceptors (Lipinski definition) is 3. The third-order valence-corrected chi connectivity index (χ3v) is 5.16. The van der Waals surface area contributed by atoms with Gasteiger partial charge in [-0.15, -0.1) is 0 Å². The summed E-state index contributed by atoms with van der Waals surface area (Å²) in [6.45, 7) is 5.46. The van der Waals surface area contributed by atoms with Gasteiger partial charge in [0.15, 0.2) is 0 Å². The number of aliphatic hydroxyl groups excluding tert-OH is 1. The van der Waals surface area contributed by atoms with E-state index >= 15 is 0 Å².